The van der Waals surface area contributed by atoms with E-state index in [0.717, 1.165) is 13.0 Å². The van der Waals surface area contributed by atoms with E-state index in [1.807, 2.05) is 0 Å². The van der Waals surface area contributed by atoms with Crippen molar-refractivity contribution in [3.63, 3.8) is 0 Å². The van der Waals surface area contributed by atoms with Gasteiger partial charge in [-0.15, -0.1) is 10.2 Å². The largest absolute Gasteiger partial charge is 0.356 e. The predicted molar refractivity (Wildman–Crippen MR) is 111 cm³/mol. The number of aromatic nitrogens is 2. The number of halogens is 1. The summed E-state index contributed by atoms with van der Waals surface area (Å²) in [6.45, 7) is 4.09. The molecule has 9 heteroatoms. The molecule has 1 aromatic heterocycles. The maximum absolute atomic E-state index is 12.2. The molecule has 2 heterocycles. The van der Waals surface area contributed by atoms with Gasteiger partial charge in [0, 0.05) is 30.1 Å². The van der Waals surface area contributed by atoms with Crippen molar-refractivity contribution in [2.24, 2.45) is 0 Å². The third-order valence-corrected chi connectivity index (χ3v) is 5.70. The summed E-state index contributed by atoms with van der Waals surface area (Å²) in [6.07, 6.45) is 4.35. The van der Waals surface area contributed by atoms with Crippen LogP contribution in [0.15, 0.2) is 24.3 Å². The molecular weight excluding hydrogens is 398 g/mol. The molecule has 2 amide bonds. The molecule has 1 aromatic carbocycles. The topological polar surface area (TPSA) is 87.2 Å². The molecule has 1 fully saturated rings. The Kier molecular flexibility index (Phi) is 7.76. The van der Waals surface area contributed by atoms with E-state index in [-0.39, 0.29) is 16.8 Å². The van der Waals surface area contributed by atoms with Gasteiger partial charge in [0.1, 0.15) is 5.01 Å². The van der Waals surface area contributed by atoms with Gasteiger partial charge >= 0.3 is 0 Å². The molecule has 150 valence electrons. The van der Waals surface area contributed by atoms with Crippen LogP contribution in [0.2, 0.25) is 5.02 Å². The molecule has 1 aliphatic rings. The number of rotatable bonds is 9. The molecule has 7 nitrogen and oxygen atoms in total. The summed E-state index contributed by atoms with van der Waals surface area (Å²) in [7, 11) is 0. The Morgan fingerprint density at radius 1 is 1.21 bits per heavy atom. The Morgan fingerprint density at radius 3 is 2.82 bits per heavy atom. The molecule has 0 unspecified atom stereocenters. The first-order valence-electron chi connectivity index (χ1n) is 9.48. The number of anilines is 1. The number of nitrogens with one attached hydrogen (secondary N) is 2. The fourth-order valence-electron chi connectivity index (χ4n) is 3.04. The first-order valence-corrected chi connectivity index (χ1v) is 10.7. The summed E-state index contributed by atoms with van der Waals surface area (Å²) in [5.74, 6) is -0.334. The number of nitrogens with zero attached hydrogens (tertiary/aromatic N) is 3. The van der Waals surface area contributed by atoms with Crippen LogP contribution in [0.1, 0.15) is 40.5 Å². The molecule has 28 heavy (non-hydrogen) atoms. The Bertz CT molecular complexity index is 807. The number of carbonyl (C=O) groups excluding carboxylic acids is 2. The zero-order valence-corrected chi connectivity index (χ0v) is 17.2. The van der Waals surface area contributed by atoms with Gasteiger partial charge < -0.3 is 15.5 Å². The van der Waals surface area contributed by atoms with Crippen LogP contribution >= 0.6 is 22.9 Å². The number of hydrogen-bond acceptors (Lipinski definition) is 6. The molecule has 0 spiro atoms. The van der Waals surface area contributed by atoms with Crippen LogP contribution in [0.5, 0.6) is 0 Å². The number of aryl methyl sites for hydroxylation is 1. The van der Waals surface area contributed by atoms with Crippen molar-refractivity contribution < 1.29 is 9.59 Å². The van der Waals surface area contributed by atoms with Gasteiger partial charge in [-0.1, -0.05) is 29.0 Å². The maximum atomic E-state index is 12.2. The minimum absolute atomic E-state index is 0.00144. The quantitative estimate of drug-likeness (QED) is 0.608. The van der Waals surface area contributed by atoms with Gasteiger partial charge in [-0.05, 0) is 57.1 Å². The summed E-state index contributed by atoms with van der Waals surface area (Å²) in [4.78, 5) is 26.6. The Morgan fingerprint density at radius 2 is 2.04 bits per heavy atom. The zero-order valence-electron chi connectivity index (χ0n) is 15.6. The van der Waals surface area contributed by atoms with Crippen molar-refractivity contribution in [3.8, 4) is 0 Å². The molecule has 1 saturated heterocycles. The van der Waals surface area contributed by atoms with E-state index in [0.29, 0.717) is 35.1 Å². The maximum Gasteiger partial charge on any atom is 0.286 e. The lowest BCUT2D eigenvalue weighted by molar-refractivity contribution is -0.121. The van der Waals surface area contributed by atoms with Gasteiger partial charge in [-0.25, -0.2) is 0 Å². The first-order chi connectivity index (χ1) is 13.6. The highest BCUT2D eigenvalue weighted by molar-refractivity contribution is 7.13. The Labute approximate surface area is 173 Å². The van der Waals surface area contributed by atoms with E-state index in [1.165, 1.54) is 37.3 Å². The lowest BCUT2D eigenvalue weighted by Gasteiger charge is -2.14. The van der Waals surface area contributed by atoms with Crippen molar-refractivity contribution in [2.75, 3.05) is 31.5 Å². The van der Waals surface area contributed by atoms with Crippen molar-refractivity contribution in [1.29, 1.82) is 0 Å². The van der Waals surface area contributed by atoms with E-state index in [1.54, 1.807) is 24.3 Å². The molecule has 2 N–H and O–H groups in total. The minimum Gasteiger partial charge on any atom is -0.356 e. The van der Waals surface area contributed by atoms with E-state index in [2.05, 4.69) is 25.7 Å². The van der Waals surface area contributed by atoms with Crippen LogP contribution in [0.4, 0.5) is 5.69 Å². The molecule has 0 saturated carbocycles. The van der Waals surface area contributed by atoms with Crippen LogP contribution in [-0.4, -0.2) is 53.1 Å². The fraction of sp³-hybridized carbons (Fsp3) is 0.474. The van der Waals surface area contributed by atoms with Gasteiger partial charge in [0.15, 0.2) is 0 Å². The van der Waals surface area contributed by atoms with E-state index >= 15 is 0 Å². The van der Waals surface area contributed by atoms with E-state index in [9.17, 15) is 9.59 Å². The number of amides is 2. The molecule has 2 aromatic rings. The second-order valence-corrected chi connectivity index (χ2v) is 8.22. The summed E-state index contributed by atoms with van der Waals surface area (Å²) in [6, 6.07) is 6.90. The van der Waals surface area contributed by atoms with Gasteiger partial charge in [0.05, 0.1) is 0 Å². The third kappa shape index (κ3) is 6.54. The monoisotopic (exact) mass is 421 g/mol. The summed E-state index contributed by atoms with van der Waals surface area (Å²) in [5, 5.41) is 15.1. The molecule has 0 aliphatic carbocycles. The highest BCUT2D eigenvalue weighted by Gasteiger charge is 2.14. The zero-order chi connectivity index (χ0) is 19.8. The SMILES string of the molecule is O=C(CCc1nnc(C(=O)Nc2cccc(Cl)c2)s1)NCCCN1CCCC1. The smallest absolute Gasteiger partial charge is 0.286 e. The summed E-state index contributed by atoms with van der Waals surface area (Å²) in [5.41, 5.74) is 0.600. The number of benzene rings is 1. The Hall–Kier alpha value is -2.03. The second-order valence-electron chi connectivity index (χ2n) is 6.72. The number of hydrogen-bond donors (Lipinski definition) is 2. The Balaban J connectivity index is 1.36. The lowest BCUT2D eigenvalue weighted by Crippen LogP contribution is -2.28. The van der Waals surface area contributed by atoms with Crippen LogP contribution in [0.25, 0.3) is 0 Å². The van der Waals surface area contributed by atoms with Gasteiger partial charge in [0.25, 0.3) is 5.91 Å². The van der Waals surface area contributed by atoms with Crippen LogP contribution in [0, 0.1) is 0 Å². The van der Waals surface area contributed by atoms with Gasteiger partial charge in [0.2, 0.25) is 10.9 Å². The number of carbonyl (C=O) groups is 2. The highest BCUT2D eigenvalue weighted by Crippen LogP contribution is 2.17. The number of likely N-dealkylation sites (tertiary alicyclic amines) is 1. The summed E-state index contributed by atoms with van der Waals surface area (Å²) >= 11 is 7.11. The highest BCUT2D eigenvalue weighted by atomic mass is 35.5. The molecule has 1 aliphatic heterocycles. The van der Waals surface area contributed by atoms with Crippen molar-refractivity contribution in [1.82, 2.24) is 20.4 Å². The lowest BCUT2D eigenvalue weighted by atomic mass is 10.3. The normalized spacial score (nSPS) is 14.2. The van der Waals surface area contributed by atoms with Crippen LogP contribution in [-0.2, 0) is 11.2 Å². The fourth-order valence-corrected chi connectivity index (χ4v) is 3.97. The van der Waals surface area contributed by atoms with Crippen molar-refractivity contribution >= 4 is 40.4 Å². The average Bonchev–Trinajstić information content (AvgIpc) is 3.35. The molecule has 3 rings (SSSR count). The van der Waals surface area contributed by atoms with E-state index in [4.69, 9.17) is 11.6 Å². The van der Waals surface area contributed by atoms with Crippen LogP contribution < -0.4 is 10.6 Å². The van der Waals surface area contributed by atoms with Crippen molar-refractivity contribution in [3.05, 3.63) is 39.3 Å². The molecular formula is C19H24ClN5O2S. The average molecular weight is 422 g/mol. The van der Waals surface area contributed by atoms with Crippen LogP contribution in [0.3, 0.4) is 0 Å². The van der Waals surface area contributed by atoms with Crippen molar-refractivity contribution in [2.45, 2.75) is 32.1 Å². The minimum atomic E-state index is -0.336. The molecule has 0 bridgehead atoms. The molecule has 0 radical (unpaired) electrons. The predicted octanol–water partition coefficient (Wildman–Crippen LogP) is 2.98. The van der Waals surface area contributed by atoms with Gasteiger partial charge in [-0.3, -0.25) is 9.59 Å². The van der Waals surface area contributed by atoms with E-state index < -0.39 is 0 Å². The second kappa shape index (κ2) is 10.5. The standard InChI is InChI=1S/C19H24ClN5O2S/c20-14-5-3-6-15(13-14)22-18(27)19-24-23-17(28-19)8-7-16(26)21-9-4-12-25-10-1-2-11-25/h3,5-6,13H,1-2,4,7-12H2,(H,21,26)(H,22,27). The third-order valence-electron chi connectivity index (χ3n) is 4.48. The first kappa shape index (κ1) is 20.7. The molecule has 0 atom stereocenters. The van der Waals surface area contributed by atoms with Gasteiger partial charge in [-0.2, -0.15) is 0 Å². The summed E-state index contributed by atoms with van der Waals surface area (Å²) < 4.78 is 0.